The smallest absolute Gasteiger partial charge is 0.313 e. The number of hydrogen-bond acceptors (Lipinski definition) is 4. The maximum Gasteiger partial charge on any atom is 0.313 e. The van der Waals surface area contributed by atoms with Crippen molar-refractivity contribution in [2.75, 3.05) is 5.75 Å². The molecule has 0 unspecified atom stereocenters. The zero-order valence-corrected chi connectivity index (χ0v) is 12.4. The fraction of sp³-hybridized carbons (Fsp3) is 0.462. The molecule has 20 heavy (non-hydrogen) atoms. The van der Waals surface area contributed by atoms with E-state index in [4.69, 9.17) is 5.11 Å². The molecule has 0 aliphatic rings. The molecule has 0 aromatic carbocycles. The minimum atomic E-state index is -0.825. The third-order valence-corrected chi connectivity index (χ3v) is 4.08. The van der Waals surface area contributed by atoms with Crippen LogP contribution in [-0.2, 0) is 31.2 Å². The maximum atomic E-state index is 10.7. The highest BCUT2D eigenvalue weighted by Crippen LogP contribution is 2.19. The van der Waals surface area contributed by atoms with Gasteiger partial charge in [0.2, 0.25) is 0 Å². The number of aryl methyl sites for hydroxylation is 3. The SMILES string of the molecule is CCc1cnc(SCC(=O)O)n1CCc1ccnn1C. The molecule has 0 radical (unpaired) electrons. The number of aromatic nitrogens is 4. The Bertz CT molecular complexity index is 591. The summed E-state index contributed by atoms with van der Waals surface area (Å²) in [6.45, 7) is 2.86. The summed E-state index contributed by atoms with van der Waals surface area (Å²) in [5.41, 5.74) is 2.27. The first kappa shape index (κ1) is 14.6. The van der Waals surface area contributed by atoms with Crippen LogP contribution in [0.5, 0.6) is 0 Å². The highest BCUT2D eigenvalue weighted by atomic mass is 32.2. The van der Waals surface area contributed by atoms with Crippen LogP contribution in [0.4, 0.5) is 0 Å². The molecule has 0 saturated heterocycles. The Morgan fingerprint density at radius 2 is 2.25 bits per heavy atom. The molecule has 2 heterocycles. The van der Waals surface area contributed by atoms with Crippen molar-refractivity contribution in [3.63, 3.8) is 0 Å². The van der Waals surface area contributed by atoms with Crippen molar-refractivity contribution in [1.82, 2.24) is 19.3 Å². The maximum absolute atomic E-state index is 10.7. The fourth-order valence-electron chi connectivity index (χ4n) is 2.03. The summed E-state index contributed by atoms with van der Waals surface area (Å²) in [5, 5.41) is 13.7. The Morgan fingerprint density at radius 3 is 2.85 bits per heavy atom. The minimum Gasteiger partial charge on any atom is -0.481 e. The zero-order chi connectivity index (χ0) is 14.5. The molecular weight excluding hydrogens is 276 g/mol. The Morgan fingerprint density at radius 1 is 1.45 bits per heavy atom. The van der Waals surface area contributed by atoms with Gasteiger partial charge in [0, 0.05) is 43.8 Å². The highest BCUT2D eigenvalue weighted by molar-refractivity contribution is 7.99. The monoisotopic (exact) mass is 294 g/mol. The fourth-order valence-corrected chi connectivity index (χ4v) is 2.77. The van der Waals surface area contributed by atoms with Gasteiger partial charge in [-0.05, 0) is 12.5 Å². The number of carbonyl (C=O) groups is 1. The lowest BCUT2D eigenvalue weighted by Gasteiger charge is -2.10. The predicted octanol–water partition coefficient (Wildman–Crippen LogP) is 1.60. The molecule has 0 amide bonds. The molecule has 0 saturated carbocycles. The summed E-state index contributed by atoms with van der Waals surface area (Å²) in [6, 6.07) is 1.99. The van der Waals surface area contributed by atoms with Gasteiger partial charge < -0.3 is 9.67 Å². The molecule has 0 bridgehead atoms. The Hall–Kier alpha value is -1.76. The van der Waals surface area contributed by atoms with Crippen molar-refractivity contribution in [3.8, 4) is 0 Å². The number of thioether (sulfide) groups is 1. The van der Waals surface area contributed by atoms with Gasteiger partial charge in [-0.1, -0.05) is 18.7 Å². The van der Waals surface area contributed by atoms with Gasteiger partial charge in [0.15, 0.2) is 5.16 Å². The van der Waals surface area contributed by atoms with Crippen molar-refractivity contribution in [3.05, 3.63) is 29.8 Å². The third kappa shape index (κ3) is 3.41. The van der Waals surface area contributed by atoms with Gasteiger partial charge in [-0.15, -0.1) is 0 Å². The molecule has 7 heteroatoms. The second kappa shape index (κ2) is 6.60. The first-order valence-corrected chi connectivity index (χ1v) is 7.46. The van der Waals surface area contributed by atoms with Gasteiger partial charge in [-0.2, -0.15) is 5.10 Å². The average molecular weight is 294 g/mol. The van der Waals surface area contributed by atoms with E-state index < -0.39 is 5.97 Å². The summed E-state index contributed by atoms with van der Waals surface area (Å²) in [7, 11) is 1.92. The zero-order valence-electron chi connectivity index (χ0n) is 11.6. The summed E-state index contributed by atoms with van der Waals surface area (Å²) in [5.74, 6) is -0.791. The van der Waals surface area contributed by atoms with Crippen LogP contribution in [0.2, 0.25) is 0 Å². The minimum absolute atomic E-state index is 0.0336. The molecule has 2 aromatic heterocycles. The van der Waals surface area contributed by atoms with E-state index in [1.807, 2.05) is 24.0 Å². The average Bonchev–Trinajstić information content (AvgIpc) is 2.99. The van der Waals surface area contributed by atoms with Crippen molar-refractivity contribution < 1.29 is 9.90 Å². The molecule has 108 valence electrons. The second-order valence-corrected chi connectivity index (χ2v) is 5.36. The number of nitrogens with zero attached hydrogens (tertiary/aromatic N) is 4. The molecule has 0 spiro atoms. The van der Waals surface area contributed by atoms with Crippen LogP contribution in [-0.4, -0.2) is 36.2 Å². The van der Waals surface area contributed by atoms with Crippen LogP contribution >= 0.6 is 11.8 Å². The van der Waals surface area contributed by atoms with Crippen LogP contribution in [0.15, 0.2) is 23.6 Å². The summed E-state index contributed by atoms with van der Waals surface area (Å²) >= 11 is 1.26. The second-order valence-electron chi connectivity index (χ2n) is 4.42. The van der Waals surface area contributed by atoms with E-state index >= 15 is 0 Å². The van der Waals surface area contributed by atoms with Crippen molar-refractivity contribution in [1.29, 1.82) is 0 Å². The van der Waals surface area contributed by atoms with Crippen LogP contribution in [0.25, 0.3) is 0 Å². The number of carboxylic acid groups (broad SMARTS) is 1. The Labute approximate surface area is 121 Å². The molecule has 1 N–H and O–H groups in total. The molecule has 2 aromatic rings. The van der Waals surface area contributed by atoms with E-state index in [9.17, 15) is 4.79 Å². The lowest BCUT2D eigenvalue weighted by Crippen LogP contribution is -2.10. The van der Waals surface area contributed by atoms with Crippen LogP contribution in [0, 0.1) is 0 Å². The van der Waals surface area contributed by atoms with Gasteiger partial charge in [0.1, 0.15) is 0 Å². The number of hydrogen-bond donors (Lipinski definition) is 1. The number of aliphatic carboxylic acids is 1. The summed E-state index contributed by atoms with van der Waals surface area (Å²) in [6.07, 6.45) is 5.34. The molecule has 0 aliphatic carbocycles. The van der Waals surface area contributed by atoms with Crippen LogP contribution in [0.1, 0.15) is 18.3 Å². The number of imidazole rings is 1. The van der Waals surface area contributed by atoms with Crippen molar-refractivity contribution in [2.24, 2.45) is 7.05 Å². The molecular formula is C13H18N4O2S. The third-order valence-electron chi connectivity index (χ3n) is 3.10. The largest absolute Gasteiger partial charge is 0.481 e. The van der Waals surface area contributed by atoms with E-state index in [0.29, 0.717) is 0 Å². The van der Waals surface area contributed by atoms with Gasteiger partial charge in [-0.3, -0.25) is 9.48 Å². The predicted molar refractivity (Wildman–Crippen MR) is 76.9 cm³/mol. The normalized spacial score (nSPS) is 10.9. The van der Waals surface area contributed by atoms with E-state index in [-0.39, 0.29) is 5.75 Å². The highest BCUT2D eigenvalue weighted by Gasteiger charge is 2.11. The lowest BCUT2D eigenvalue weighted by molar-refractivity contribution is -0.133. The summed E-state index contributed by atoms with van der Waals surface area (Å²) < 4.78 is 3.95. The van der Waals surface area contributed by atoms with Crippen LogP contribution in [0.3, 0.4) is 0 Å². The topological polar surface area (TPSA) is 72.9 Å². The van der Waals surface area contributed by atoms with Gasteiger partial charge >= 0.3 is 5.97 Å². The van der Waals surface area contributed by atoms with E-state index in [2.05, 4.69) is 21.6 Å². The Balaban J connectivity index is 2.10. The molecule has 0 atom stereocenters. The van der Waals surface area contributed by atoms with Crippen molar-refractivity contribution in [2.45, 2.75) is 31.5 Å². The first-order valence-electron chi connectivity index (χ1n) is 6.47. The first-order chi connectivity index (χ1) is 9.61. The van der Waals surface area contributed by atoms with Gasteiger partial charge in [0.25, 0.3) is 0 Å². The number of carboxylic acids is 1. The molecule has 6 nitrogen and oxygen atoms in total. The molecule has 2 rings (SSSR count). The van der Waals surface area contributed by atoms with Gasteiger partial charge in [0.05, 0.1) is 5.75 Å². The standard InChI is InChI=1S/C13H18N4O2S/c1-3-10-8-14-13(20-9-12(18)19)17(10)7-5-11-4-6-15-16(11)2/h4,6,8H,3,5,7,9H2,1-2H3,(H,18,19). The molecule has 0 aliphatic heterocycles. The quantitative estimate of drug-likeness (QED) is 0.785. The molecule has 0 fully saturated rings. The number of rotatable bonds is 7. The lowest BCUT2D eigenvalue weighted by atomic mass is 10.3. The van der Waals surface area contributed by atoms with E-state index in [1.54, 1.807) is 6.20 Å². The van der Waals surface area contributed by atoms with Crippen molar-refractivity contribution >= 4 is 17.7 Å². The van der Waals surface area contributed by atoms with Crippen LogP contribution < -0.4 is 0 Å². The van der Waals surface area contributed by atoms with E-state index in [0.717, 1.165) is 35.9 Å². The van der Waals surface area contributed by atoms with Gasteiger partial charge in [-0.25, -0.2) is 4.98 Å². The Kier molecular flexibility index (Phi) is 4.84. The van der Waals surface area contributed by atoms with E-state index in [1.165, 1.54) is 11.8 Å². The summed E-state index contributed by atoms with van der Waals surface area (Å²) in [4.78, 5) is 15.0.